The molecule has 1 saturated heterocycles. The zero-order chi connectivity index (χ0) is 15.0. The topological polar surface area (TPSA) is 62.5 Å². The lowest BCUT2D eigenvalue weighted by atomic mass is 9.99. The Balaban J connectivity index is 1.84. The van der Waals surface area contributed by atoms with Crippen molar-refractivity contribution >= 4 is 23.2 Å². The van der Waals surface area contributed by atoms with Gasteiger partial charge in [0.15, 0.2) is 0 Å². The van der Waals surface area contributed by atoms with Crippen LogP contribution in [0.5, 0.6) is 0 Å². The van der Waals surface area contributed by atoms with Gasteiger partial charge in [0.25, 0.3) is 5.91 Å². The zero-order valence-corrected chi connectivity index (χ0v) is 12.4. The molecule has 2 aromatic rings. The lowest BCUT2D eigenvalue weighted by molar-refractivity contribution is -0.142. The summed E-state index contributed by atoms with van der Waals surface area (Å²) < 4.78 is 1.90. The van der Waals surface area contributed by atoms with Gasteiger partial charge in [0.05, 0.1) is 11.6 Å². The summed E-state index contributed by atoms with van der Waals surface area (Å²) in [6.07, 6.45) is 3.79. The van der Waals surface area contributed by atoms with Crippen LogP contribution >= 0.6 is 11.3 Å². The van der Waals surface area contributed by atoms with Gasteiger partial charge in [0, 0.05) is 25.5 Å². The number of thiophene rings is 1. The van der Waals surface area contributed by atoms with Gasteiger partial charge in [-0.2, -0.15) is 0 Å². The van der Waals surface area contributed by atoms with E-state index >= 15 is 0 Å². The fourth-order valence-corrected chi connectivity index (χ4v) is 3.62. The molecule has 0 saturated carbocycles. The first kappa shape index (κ1) is 13.9. The van der Waals surface area contributed by atoms with E-state index in [1.165, 1.54) is 11.3 Å². The molecular weight excluding hydrogens is 288 g/mol. The molecule has 1 aliphatic heterocycles. The summed E-state index contributed by atoms with van der Waals surface area (Å²) in [5, 5.41) is 11.1. The van der Waals surface area contributed by atoms with Crippen LogP contribution in [0.2, 0.25) is 0 Å². The molecule has 21 heavy (non-hydrogen) atoms. The number of carboxylic acid groups (broad SMARTS) is 1. The van der Waals surface area contributed by atoms with Crippen molar-refractivity contribution in [3.8, 4) is 5.69 Å². The van der Waals surface area contributed by atoms with Crippen molar-refractivity contribution in [3.63, 3.8) is 0 Å². The quantitative estimate of drug-likeness (QED) is 0.946. The van der Waals surface area contributed by atoms with Crippen molar-refractivity contribution in [2.45, 2.75) is 6.92 Å². The van der Waals surface area contributed by atoms with Gasteiger partial charge in [-0.3, -0.25) is 9.59 Å². The van der Waals surface area contributed by atoms with Crippen LogP contribution in [-0.4, -0.2) is 39.5 Å². The Hall–Kier alpha value is -2.08. The molecule has 2 atom stereocenters. The summed E-state index contributed by atoms with van der Waals surface area (Å²) in [4.78, 5) is 26.2. The van der Waals surface area contributed by atoms with E-state index in [9.17, 15) is 14.7 Å². The van der Waals surface area contributed by atoms with Crippen molar-refractivity contribution < 1.29 is 14.7 Å². The van der Waals surface area contributed by atoms with Gasteiger partial charge in [-0.25, -0.2) is 0 Å². The number of aliphatic carboxylic acids is 1. The van der Waals surface area contributed by atoms with E-state index < -0.39 is 11.9 Å². The number of hydrogen-bond donors (Lipinski definition) is 1. The van der Waals surface area contributed by atoms with Crippen molar-refractivity contribution in [3.05, 3.63) is 40.8 Å². The Morgan fingerprint density at radius 2 is 2.00 bits per heavy atom. The summed E-state index contributed by atoms with van der Waals surface area (Å²) in [5.41, 5.74) is 0.849. The molecular formula is C15H16N2O3S. The molecule has 110 valence electrons. The molecule has 3 rings (SSSR count). The average molecular weight is 304 g/mol. The third kappa shape index (κ3) is 2.47. The minimum Gasteiger partial charge on any atom is -0.481 e. The van der Waals surface area contributed by atoms with Gasteiger partial charge in [0.1, 0.15) is 4.88 Å². The fraction of sp³-hybridized carbons (Fsp3) is 0.333. The van der Waals surface area contributed by atoms with E-state index in [1.807, 2.05) is 47.5 Å². The maximum atomic E-state index is 12.7. The van der Waals surface area contributed by atoms with Crippen molar-refractivity contribution in [2.24, 2.45) is 11.8 Å². The van der Waals surface area contributed by atoms with Crippen LogP contribution in [0.3, 0.4) is 0 Å². The van der Waals surface area contributed by atoms with E-state index in [0.29, 0.717) is 18.0 Å². The Morgan fingerprint density at radius 3 is 2.62 bits per heavy atom. The average Bonchev–Trinajstić information content (AvgIpc) is 3.17. The van der Waals surface area contributed by atoms with Gasteiger partial charge in [-0.05, 0) is 29.5 Å². The Morgan fingerprint density at radius 1 is 1.29 bits per heavy atom. The second kappa shape index (κ2) is 5.37. The van der Waals surface area contributed by atoms with Gasteiger partial charge in [-0.1, -0.05) is 6.92 Å². The van der Waals surface area contributed by atoms with Gasteiger partial charge in [0.2, 0.25) is 0 Å². The summed E-state index contributed by atoms with van der Waals surface area (Å²) in [7, 11) is 0. The van der Waals surface area contributed by atoms with Crippen LogP contribution in [0.25, 0.3) is 5.69 Å². The van der Waals surface area contributed by atoms with Crippen molar-refractivity contribution in [1.82, 2.24) is 9.47 Å². The van der Waals surface area contributed by atoms with Gasteiger partial charge < -0.3 is 14.6 Å². The molecule has 0 spiro atoms. The molecule has 2 aromatic heterocycles. The maximum absolute atomic E-state index is 12.7. The smallest absolute Gasteiger partial charge is 0.308 e. The zero-order valence-electron chi connectivity index (χ0n) is 11.6. The predicted molar refractivity (Wildman–Crippen MR) is 79.8 cm³/mol. The molecule has 0 radical (unpaired) electrons. The highest BCUT2D eigenvalue weighted by Gasteiger charge is 2.38. The normalized spacial score (nSPS) is 21.7. The molecule has 5 nitrogen and oxygen atoms in total. The Labute approximate surface area is 126 Å². The molecule has 1 fully saturated rings. The second-order valence-electron chi connectivity index (χ2n) is 5.36. The van der Waals surface area contributed by atoms with E-state index in [1.54, 1.807) is 4.90 Å². The standard InChI is InChI=1S/C15H16N2O3S/c1-10-8-17(9-11(10)15(19)20)14(18)13-12(4-7-21-13)16-5-2-3-6-16/h2-7,10-11H,8-9H2,1H3,(H,19,20). The molecule has 0 bridgehead atoms. The number of aromatic nitrogens is 1. The van der Waals surface area contributed by atoms with Crippen LogP contribution in [0.15, 0.2) is 36.0 Å². The number of hydrogen-bond acceptors (Lipinski definition) is 3. The lowest BCUT2D eigenvalue weighted by Gasteiger charge is -2.16. The number of carboxylic acids is 1. The molecule has 1 N–H and O–H groups in total. The molecule has 0 aliphatic carbocycles. The molecule has 2 unspecified atom stereocenters. The molecule has 0 aromatic carbocycles. The largest absolute Gasteiger partial charge is 0.481 e. The first-order chi connectivity index (χ1) is 10.1. The van der Waals surface area contributed by atoms with E-state index in [2.05, 4.69) is 0 Å². The summed E-state index contributed by atoms with van der Waals surface area (Å²) in [5.74, 6) is -1.38. The molecule has 6 heteroatoms. The fourth-order valence-electron chi connectivity index (χ4n) is 2.76. The van der Waals surface area contributed by atoms with Crippen LogP contribution < -0.4 is 0 Å². The van der Waals surface area contributed by atoms with Crippen molar-refractivity contribution in [1.29, 1.82) is 0 Å². The number of carbonyl (C=O) groups is 2. The highest BCUT2D eigenvalue weighted by atomic mass is 32.1. The van der Waals surface area contributed by atoms with Crippen LogP contribution in [0.1, 0.15) is 16.6 Å². The third-order valence-electron chi connectivity index (χ3n) is 3.94. The second-order valence-corrected chi connectivity index (χ2v) is 6.27. The summed E-state index contributed by atoms with van der Waals surface area (Å²) in [6, 6.07) is 5.72. The lowest BCUT2D eigenvalue weighted by Crippen LogP contribution is -2.30. The number of likely N-dealkylation sites (tertiary alicyclic amines) is 1. The molecule has 1 amide bonds. The van der Waals surface area contributed by atoms with E-state index in [-0.39, 0.29) is 11.8 Å². The SMILES string of the molecule is CC1CN(C(=O)c2sccc2-n2cccc2)CC1C(=O)O. The third-order valence-corrected chi connectivity index (χ3v) is 4.83. The monoisotopic (exact) mass is 304 g/mol. The Kier molecular flexibility index (Phi) is 3.55. The minimum atomic E-state index is -0.824. The minimum absolute atomic E-state index is 0.0126. The van der Waals surface area contributed by atoms with Gasteiger partial charge in [-0.15, -0.1) is 11.3 Å². The number of carbonyl (C=O) groups excluding carboxylic acids is 1. The van der Waals surface area contributed by atoms with Crippen LogP contribution in [0, 0.1) is 11.8 Å². The van der Waals surface area contributed by atoms with E-state index in [0.717, 1.165) is 5.69 Å². The van der Waals surface area contributed by atoms with E-state index in [4.69, 9.17) is 0 Å². The number of rotatable bonds is 3. The first-order valence-electron chi connectivity index (χ1n) is 6.81. The first-order valence-corrected chi connectivity index (χ1v) is 7.69. The van der Waals surface area contributed by atoms with Crippen LogP contribution in [-0.2, 0) is 4.79 Å². The highest BCUT2D eigenvalue weighted by molar-refractivity contribution is 7.12. The predicted octanol–water partition coefficient (Wildman–Crippen LogP) is 2.33. The molecule has 1 aliphatic rings. The van der Waals surface area contributed by atoms with Crippen LogP contribution in [0.4, 0.5) is 0 Å². The molecule has 3 heterocycles. The van der Waals surface area contributed by atoms with Crippen molar-refractivity contribution in [2.75, 3.05) is 13.1 Å². The Bertz CT molecular complexity index is 662. The summed E-state index contributed by atoms with van der Waals surface area (Å²) in [6.45, 7) is 2.67. The summed E-state index contributed by atoms with van der Waals surface area (Å²) >= 11 is 1.39. The van der Waals surface area contributed by atoms with Gasteiger partial charge >= 0.3 is 5.97 Å². The number of amides is 1. The number of nitrogens with zero attached hydrogens (tertiary/aromatic N) is 2. The maximum Gasteiger partial charge on any atom is 0.308 e. The highest BCUT2D eigenvalue weighted by Crippen LogP contribution is 2.28.